The standard InChI is InChI=1S/C25H21N3/c1-18-6-8-19(9-7-18)13-15-28-17-27-24-23(12-14-26-25(24)28)22-11-10-20-4-2-3-5-21(20)16-22/h2-12,14,16-17H,13,15H2,1H3. The van der Waals surface area contributed by atoms with E-state index in [1.165, 1.54) is 27.5 Å². The molecule has 0 bridgehead atoms. The van der Waals surface area contributed by atoms with Crippen molar-refractivity contribution in [2.75, 3.05) is 0 Å². The van der Waals surface area contributed by atoms with E-state index in [0.29, 0.717) is 0 Å². The SMILES string of the molecule is Cc1ccc(CCn2cnc3c(-c4ccc5ccccc5c4)ccnc32)cc1. The highest BCUT2D eigenvalue weighted by Crippen LogP contribution is 2.29. The van der Waals surface area contributed by atoms with Crippen molar-refractivity contribution in [3.05, 3.63) is 96.4 Å². The number of fused-ring (bicyclic) bond motifs is 2. The smallest absolute Gasteiger partial charge is 0.160 e. The number of benzene rings is 3. The molecule has 0 unspecified atom stereocenters. The fraction of sp³-hybridized carbons (Fsp3) is 0.120. The third-order valence-electron chi connectivity index (χ3n) is 5.33. The summed E-state index contributed by atoms with van der Waals surface area (Å²) in [6.07, 6.45) is 4.76. The molecule has 0 aliphatic rings. The molecule has 0 N–H and O–H groups in total. The lowest BCUT2D eigenvalue weighted by Gasteiger charge is -2.07. The molecule has 3 aromatic carbocycles. The Balaban J connectivity index is 1.50. The van der Waals surface area contributed by atoms with Crippen LogP contribution in [-0.4, -0.2) is 14.5 Å². The molecule has 5 rings (SSSR count). The summed E-state index contributed by atoms with van der Waals surface area (Å²) >= 11 is 0. The number of imidazole rings is 1. The molecule has 2 aromatic heterocycles. The molecule has 0 amide bonds. The molecule has 0 radical (unpaired) electrons. The largest absolute Gasteiger partial charge is 0.315 e. The van der Waals surface area contributed by atoms with Gasteiger partial charge >= 0.3 is 0 Å². The Morgan fingerprint density at radius 3 is 2.50 bits per heavy atom. The van der Waals surface area contributed by atoms with Crippen molar-refractivity contribution in [3.8, 4) is 11.1 Å². The Morgan fingerprint density at radius 2 is 1.64 bits per heavy atom. The Morgan fingerprint density at radius 1 is 0.821 bits per heavy atom. The van der Waals surface area contributed by atoms with Crippen LogP contribution in [0.2, 0.25) is 0 Å². The quantitative estimate of drug-likeness (QED) is 0.404. The number of pyridine rings is 1. The Bertz CT molecular complexity index is 1270. The Labute approximate surface area is 164 Å². The fourth-order valence-corrected chi connectivity index (χ4v) is 3.72. The third kappa shape index (κ3) is 3.05. The van der Waals surface area contributed by atoms with Gasteiger partial charge in [0.15, 0.2) is 5.65 Å². The summed E-state index contributed by atoms with van der Waals surface area (Å²) in [5.74, 6) is 0. The van der Waals surface area contributed by atoms with Crippen molar-refractivity contribution < 1.29 is 0 Å². The molecule has 0 atom stereocenters. The molecule has 0 aliphatic heterocycles. The van der Waals surface area contributed by atoms with Gasteiger partial charge in [-0.2, -0.15) is 0 Å². The number of rotatable bonds is 4. The van der Waals surface area contributed by atoms with E-state index in [9.17, 15) is 0 Å². The molecule has 28 heavy (non-hydrogen) atoms. The molecule has 0 spiro atoms. The van der Waals surface area contributed by atoms with Crippen molar-refractivity contribution in [3.63, 3.8) is 0 Å². The van der Waals surface area contributed by atoms with Gasteiger partial charge in [0, 0.05) is 18.3 Å². The molecular weight excluding hydrogens is 342 g/mol. The first kappa shape index (κ1) is 16.7. The van der Waals surface area contributed by atoms with Crippen molar-refractivity contribution in [1.29, 1.82) is 0 Å². The van der Waals surface area contributed by atoms with Crippen molar-refractivity contribution in [2.45, 2.75) is 19.9 Å². The first-order chi connectivity index (χ1) is 13.8. The molecular formula is C25H21N3. The van der Waals surface area contributed by atoms with E-state index < -0.39 is 0 Å². The van der Waals surface area contributed by atoms with E-state index in [1.807, 2.05) is 12.5 Å². The molecule has 3 heteroatoms. The zero-order chi connectivity index (χ0) is 18.9. The first-order valence-electron chi connectivity index (χ1n) is 9.62. The van der Waals surface area contributed by atoms with Crippen LogP contribution in [-0.2, 0) is 13.0 Å². The highest BCUT2D eigenvalue weighted by atomic mass is 15.1. The van der Waals surface area contributed by atoms with E-state index in [-0.39, 0.29) is 0 Å². The van der Waals surface area contributed by atoms with Crippen LogP contribution < -0.4 is 0 Å². The predicted octanol–water partition coefficient (Wildman–Crippen LogP) is 5.80. The maximum absolute atomic E-state index is 4.70. The second-order valence-electron chi connectivity index (χ2n) is 7.27. The monoisotopic (exact) mass is 363 g/mol. The van der Waals surface area contributed by atoms with Crippen LogP contribution in [0.5, 0.6) is 0 Å². The lowest BCUT2D eigenvalue weighted by Crippen LogP contribution is -2.01. The van der Waals surface area contributed by atoms with Gasteiger partial charge in [-0.25, -0.2) is 9.97 Å². The Hall–Kier alpha value is -3.46. The molecule has 0 fully saturated rings. The zero-order valence-corrected chi connectivity index (χ0v) is 15.8. The molecule has 2 heterocycles. The number of hydrogen-bond donors (Lipinski definition) is 0. The minimum absolute atomic E-state index is 0.869. The van der Waals surface area contributed by atoms with E-state index in [1.54, 1.807) is 0 Å². The van der Waals surface area contributed by atoms with Crippen molar-refractivity contribution >= 4 is 21.9 Å². The Kier molecular flexibility index (Phi) is 4.13. The summed E-state index contributed by atoms with van der Waals surface area (Å²) < 4.78 is 2.15. The summed E-state index contributed by atoms with van der Waals surface area (Å²) in [5.41, 5.74) is 6.83. The molecule has 5 aromatic rings. The van der Waals surface area contributed by atoms with Crippen LogP contribution >= 0.6 is 0 Å². The number of nitrogens with zero attached hydrogens (tertiary/aromatic N) is 3. The summed E-state index contributed by atoms with van der Waals surface area (Å²) in [4.78, 5) is 9.32. The van der Waals surface area contributed by atoms with E-state index in [0.717, 1.165) is 29.7 Å². The third-order valence-corrected chi connectivity index (χ3v) is 5.33. The van der Waals surface area contributed by atoms with E-state index in [4.69, 9.17) is 4.98 Å². The highest BCUT2D eigenvalue weighted by molar-refractivity contribution is 5.94. The second-order valence-corrected chi connectivity index (χ2v) is 7.27. The van der Waals surface area contributed by atoms with Gasteiger partial charge in [0.25, 0.3) is 0 Å². The average molecular weight is 363 g/mol. The maximum atomic E-state index is 4.70. The number of aromatic nitrogens is 3. The van der Waals surface area contributed by atoms with Gasteiger partial charge in [0.2, 0.25) is 0 Å². The van der Waals surface area contributed by atoms with Gasteiger partial charge < -0.3 is 4.57 Å². The topological polar surface area (TPSA) is 30.7 Å². The predicted molar refractivity (Wildman–Crippen MR) is 115 cm³/mol. The van der Waals surface area contributed by atoms with Crippen molar-refractivity contribution in [2.24, 2.45) is 0 Å². The van der Waals surface area contributed by atoms with Crippen LogP contribution in [0.15, 0.2) is 85.3 Å². The fourth-order valence-electron chi connectivity index (χ4n) is 3.72. The van der Waals surface area contributed by atoms with Crippen LogP contribution in [0.25, 0.3) is 33.1 Å². The minimum atomic E-state index is 0.869. The van der Waals surface area contributed by atoms with Crippen LogP contribution in [0.1, 0.15) is 11.1 Å². The maximum Gasteiger partial charge on any atom is 0.160 e. The van der Waals surface area contributed by atoms with Gasteiger partial charge in [0.1, 0.15) is 5.52 Å². The van der Waals surface area contributed by atoms with E-state index >= 15 is 0 Å². The molecule has 0 saturated carbocycles. The summed E-state index contributed by atoms with van der Waals surface area (Å²) in [6.45, 7) is 2.99. The van der Waals surface area contributed by atoms with Crippen LogP contribution in [0, 0.1) is 6.92 Å². The lowest BCUT2D eigenvalue weighted by atomic mass is 10.0. The normalized spacial score (nSPS) is 11.3. The number of hydrogen-bond acceptors (Lipinski definition) is 2. The van der Waals surface area contributed by atoms with Gasteiger partial charge in [-0.15, -0.1) is 0 Å². The minimum Gasteiger partial charge on any atom is -0.315 e. The molecule has 136 valence electrons. The zero-order valence-electron chi connectivity index (χ0n) is 15.8. The van der Waals surface area contributed by atoms with Gasteiger partial charge in [-0.3, -0.25) is 0 Å². The second kappa shape index (κ2) is 6.93. The van der Waals surface area contributed by atoms with E-state index in [2.05, 4.69) is 89.3 Å². The summed E-state index contributed by atoms with van der Waals surface area (Å²) in [6, 6.07) is 25.8. The van der Waals surface area contributed by atoms with Gasteiger partial charge in [-0.1, -0.05) is 66.2 Å². The number of aryl methyl sites for hydroxylation is 3. The molecule has 3 nitrogen and oxygen atoms in total. The molecule has 0 aliphatic carbocycles. The average Bonchev–Trinajstić information content (AvgIpc) is 3.16. The van der Waals surface area contributed by atoms with Crippen LogP contribution in [0.4, 0.5) is 0 Å². The molecule has 0 saturated heterocycles. The van der Waals surface area contributed by atoms with Crippen molar-refractivity contribution in [1.82, 2.24) is 14.5 Å². The van der Waals surface area contributed by atoms with Gasteiger partial charge in [-0.05, 0) is 47.4 Å². The highest BCUT2D eigenvalue weighted by Gasteiger charge is 2.11. The summed E-state index contributed by atoms with van der Waals surface area (Å²) in [7, 11) is 0. The van der Waals surface area contributed by atoms with Gasteiger partial charge in [0.05, 0.1) is 6.33 Å². The van der Waals surface area contributed by atoms with Crippen LogP contribution in [0.3, 0.4) is 0 Å². The lowest BCUT2D eigenvalue weighted by molar-refractivity contribution is 0.709. The first-order valence-corrected chi connectivity index (χ1v) is 9.62. The summed E-state index contributed by atoms with van der Waals surface area (Å²) in [5, 5.41) is 2.49.